The Morgan fingerprint density at radius 1 is 0.909 bits per heavy atom. The first-order chi connectivity index (χ1) is 10.7. The third kappa shape index (κ3) is 2.23. The van der Waals surface area contributed by atoms with Gasteiger partial charge < -0.3 is 0 Å². The largest absolute Gasteiger partial charge is 0.298 e. The van der Waals surface area contributed by atoms with Gasteiger partial charge in [0, 0.05) is 12.1 Å². The molecule has 2 aromatic rings. The van der Waals surface area contributed by atoms with Crippen molar-refractivity contribution in [1.29, 1.82) is 0 Å². The van der Waals surface area contributed by atoms with Crippen LogP contribution in [0.4, 0.5) is 0 Å². The number of hydrogen-bond donors (Lipinski definition) is 0. The summed E-state index contributed by atoms with van der Waals surface area (Å²) < 4.78 is 0.775. The summed E-state index contributed by atoms with van der Waals surface area (Å²) >= 11 is 13.1. The van der Waals surface area contributed by atoms with E-state index in [0.717, 1.165) is 29.3 Å². The van der Waals surface area contributed by atoms with E-state index in [1.54, 1.807) is 0 Å². The topological polar surface area (TPSA) is 3.24 Å². The highest BCUT2D eigenvalue weighted by Gasteiger charge is 2.67. The van der Waals surface area contributed by atoms with Crippen molar-refractivity contribution in [3.63, 3.8) is 0 Å². The van der Waals surface area contributed by atoms with E-state index < -0.39 is 0 Å². The zero-order valence-electron chi connectivity index (χ0n) is 12.1. The summed E-state index contributed by atoms with van der Waals surface area (Å²) in [4.78, 5) is 2.24. The highest BCUT2D eigenvalue weighted by Crippen LogP contribution is 2.53. The number of quaternary nitrogens is 1. The van der Waals surface area contributed by atoms with Crippen molar-refractivity contribution < 1.29 is 4.48 Å². The molecule has 2 atom stereocenters. The quantitative estimate of drug-likeness (QED) is 0.454. The van der Waals surface area contributed by atoms with Gasteiger partial charge in [-0.25, -0.2) is 4.48 Å². The SMILES string of the molecule is ClC1=C(Cl)[N+]2(Cc3ccccc3)CC2N1Cc1ccccc1. The molecule has 2 aromatic carbocycles. The lowest BCUT2D eigenvalue weighted by Crippen LogP contribution is -2.27. The molecule has 0 spiro atoms. The number of rotatable bonds is 4. The molecule has 112 valence electrons. The average Bonchev–Trinajstić information content (AvgIpc) is 3.23. The Hall–Kier alpha value is -1.48. The third-order valence-electron chi connectivity index (χ3n) is 4.60. The number of fused-ring (bicyclic) bond motifs is 1. The number of halogens is 2. The molecular formula is C18H17Cl2N2+. The summed E-state index contributed by atoms with van der Waals surface area (Å²) in [6.45, 7) is 2.76. The summed E-state index contributed by atoms with van der Waals surface area (Å²) in [6, 6.07) is 20.9. The van der Waals surface area contributed by atoms with Crippen molar-refractivity contribution in [3.05, 3.63) is 82.1 Å². The summed E-state index contributed by atoms with van der Waals surface area (Å²) in [5.74, 6) is 0. The van der Waals surface area contributed by atoms with Crippen LogP contribution in [0.15, 0.2) is 71.0 Å². The molecule has 2 aliphatic rings. The molecule has 1 fully saturated rings. The maximum atomic E-state index is 6.60. The van der Waals surface area contributed by atoms with Crippen molar-refractivity contribution in [3.8, 4) is 0 Å². The van der Waals surface area contributed by atoms with E-state index in [9.17, 15) is 0 Å². The van der Waals surface area contributed by atoms with Crippen LogP contribution in [-0.4, -0.2) is 22.1 Å². The van der Waals surface area contributed by atoms with Crippen LogP contribution in [0, 0.1) is 0 Å². The second kappa shape index (κ2) is 5.31. The summed E-state index contributed by atoms with van der Waals surface area (Å²) in [5, 5.41) is 1.49. The molecule has 0 saturated carbocycles. The smallest absolute Gasteiger partial charge is 0.239 e. The van der Waals surface area contributed by atoms with Crippen LogP contribution in [0.25, 0.3) is 0 Å². The molecule has 2 unspecified atom stereocenters. The zero-order chi connectivity index (χ0) is 15.2. The van der Waals surface area contributed by atoms with Gasteiger partial charge in [0.25, 0.3) is 0 Å². The Labute approximate surface area is 140 Å². The molecule has 2 aliphatic heterocycles. The molecule has 22 heavy (non-hydrogen) atoms. The highest BCUT2D eigenvalue weighted by molar-refractivity contribution is 6.38. The predicted molar refractivity (Wildman–Crippen MR) is 89.8 cm³/mol. The lowest BCUT2D eigenvalue weighted by Gasteiger charge is -2.16. The maximum Gasteiger partial charge on any atom is 0.239 e. The molecular weight excluding hydrogens is 315 g/mol. The van der Waals surface area contributed by atoms with E-state index in [4.69, 9.17) is 23.2 Å². The Balaban J connectivity index is 1.57. The minimum absolute atomic E-state index is 0.375. The van der Waals surface area contributed by atoms with Gasteiger partial charge in [-0.2, -0.15) is 0 Å². The summed E-state index contributed by atoms with van der Waals surface area (Å²) in [6.07, 6.45) is 0.375. The molecule has 0 aromatic heterocycles. The van der Waals surface area contributed by atoms with Crippen molar-refractivity contribution >= 4 is 23.2 Å². The second-order valence-electron chi connectivity index (χ2n) is 6.04. The van der Waals surface area contributed by atoms with E-state index in [2.05, 4.69) is 53.4 Å². The van der Waals surface area contributed by atoms with E-state index in [0.29, 0.717) is 11.3 Å². The van der Waals surface area contributed by atoms with Crippen LogP contribution in [0.2, 0.25) is 0 Å². The fraction of sp³-hybridized carbons (Fsp3) is 0.222. The van der Waals surface area contributed by atoms with Crippen molar-refractivity contribution in [1.82, 2.24) is 4.90 Å². The molecule has 0 aliphatic carbocycles. The van der Waals surface area contributed by atoms with E-state index in [1.165, 1.54) is 11.1 Å². The van der Waals surface area contributed by atoms with Gasteiger partial charge in [0.1, 0.15) is 6.54 Å². The lowest BCUT2D eigenvalue weighted by molar-refractivity contribution is -0.780. The molecule has 4 rings (SSSR count). The highest BCUT2D eigenvalue weighted by atomic mass is 35.5. The Morgan fingerprint density at radius 3 is 2.14 bits per heavy atom. The molecule has 0 bridgehead atoms. The van der Waals surface area contributed by atoms with Gasteiger partial charge in [0.05, 0.1) is 0 Å². The van der Waals surface area contributed by atoms with Crippen LogP contribution >= 0.6 is 23.2 Å². The van der Waals surface area contributed by atoms with Gasteiger partial charge in [-0.1, -0.05) is 72.3 Å². The van der Waals surface area contributed by atoms with E-state index >= 15 is 0 Å². The van der Waals surface area contributed by atoms with Gasteiger partial charge in [-0.15, -0.1) is 0 Å². The molecule has 4 heteroatoms. The summed E-state index contributed by atoms with van der Waals surface area (Å²) in [5.41, 5.74) is 2.56. The predicted octanol–water partition coefficient (Wildman–Crippen LogP) is 4.46. The van der Waals surface area contributed by atoms with Crippen molar-refractivity contribution in [2.75, 3.05) is 6.54 Å². The first-order valence-corrected chi connectivity index (χ1v) is 8.23. The Morgan fingerprint density at radius 2 is 1.50 bits per heavy atom. The van der Waals surface area contributed by atoms with E-state index in [-0.39, 0.29) is 0 Å². The van der Waals surface area contributed by atoms with Crippen LogP contribution in [0.5, 0.6) is 0 Å². The third-order valence-corrected chi connectivity index (χ3v) is 5.61. The fourth-order valence-corrected chi connectivity index (χ4v) is 4.05. The minimum Gasteiger partial charge on any atom is -0.298 e. The molecule has 0 N–H and O–H groups in total. The van der Waals surface area contributed by atoms with Gasteiger partial charge in [-0.3, -0.25) is 4.90 Å². The van der Waals surface area contributed by atoms with Crippen LogP contribution in [0.3, 0.4) is 0 Å². The number of benzene rings is 2. The molecule has 2 heterocycles. The average molecular weight is 332 g/mol. The number of hydrogen-bond acceptors (Lipinski definition) is 1. The van der Waals surface area contributed by atoms with Crippen molar-refractivity contribution in [2.24, 2.45) is 0 Å². The van der Waals surface area contributed by atoms with Crippen LogP contribution in [0.1, 0.15) is 11.1 Å². The van der Waals surface area contributed by atoms with Gasteiger partial charge in [0.15, 0.2) is 11.7 Å². The zero-order valence-corrected chi connectivity index (χ0v) is 13.6. The lowest BCUT2D eigenvalue weighted by atomic mass is 10.2. The Kier molecular flexibility index (Phi) is 3.41. The first kappa shape index (κ1) is 14.1. The summed E-state index contributed by atoms with van der Waals surface area (Å²) in [7, 11) is 0. The standard InChI is InChI=1S/C18H17Cl2N2/c19-17-18(20)22(12-15-9-5-2-6-10-15)13-16(22)21(17)11-14-7-3-1-4-8-14/h1-10,16H,11-13H2/q+1. The minimum atomic E-state index is 0.375. The Bertz CT molecular complexity index is 714. The molecule has 0 amide bonds. The normalized spacial score (nSPS) is 26.3. The molecule has 2 nitrogen and oxygen atoms in total. The van der Waals surface area contributed by atoms with Crippen LogP contribution in [-0.2, 0) is 13.1 Å². The first-order valence-electron chi connectivity index (χ1n) is 7.48. The van der Waals surface area contributed by atoms with Crippen LogP contribution < -0.4 is 0 Å². The van der Waals surface area contributed by atoms with Gasteiger partial charge in [-0.05, 0) is 17.2 Å². The number of nitrogens with zero attached hydrogens (tertiary/aromatic N) is 2. The molecule has 1 saturated heterocycles. The van der Waals surface area contributed by atoms with Crippen molar-refractivity contribution in [2.45, 2.75) is 19.3 Å². The molecule has 0 radical (unpaired) electrons. The van der Waals surface area contributed by atoms with Gasteiger partial charge in [0.2, 0.25) is 11.3 Å². The fourth-order valence-electron chi connectivity index (χ4n) is 3.36. The van der Waals surface area contributed by atoms with E-state index in [1.807, 2.05) is 12.1 Å². The maximum absolute atomic E-state index is 6.60. The van der Waals surface area contributed by atoms with Gasteiger partial charge >= 0.3 is 0 Å². The second-order valence-corrected chi connectivity index (χ2v) is 6.75. The monoisotopic (exact) mass is 331 g/mol.